The molecule has 0 heteroatoms. The van der Waals surface area contributed by atoms with E-state index in [9.17, 15) is 0 Å². The molecule has 192 valence electrons. The zero-order chi connectivity index (χ0) is 27.1. The SMILES string of the molecule is C\C1=C/C(c2ccc(-c3c4ccccc4c(-c4cccc5ccccc45)c4ccccc34)cc2)=C(C)\C=C/CC1. The minimum atomic E-state index is 1.11. The highest BCUT2D eigenvalue weighted by Gasteiger charge is 2.18. The van der Waals surface area contributed by atoms with Crippen LogP contribution in [0.4, 0.5) is 0 Å². The van der Waals surface area contributed by atoms with E-state index in [0.717, 1.165) is 12.8 Å². The predicted molar refractivity (Wildman–Crippen MR) is 175 cm³/mol. The maximum absolute atomic E-state index is 2.37. The van der Waals surface area contributed by atoms with Crippen LogP contribution in [0.15, 0.2) is 145 Å². The Hall–Kier alpha value is -4.68. The standard InChI is InChI=1S/C40H32/c1-27-12-3-4-13-28(2)38(26-27)30-22-24-31(25-23-30)39-34-17-7-9-19-36(34)40(37-20-10-8-18-35(37)39)33-21-11-15-29-14-5-6-16-32(29)33/h4-11,13-26H,3,12H2,1-2H3/b13-4-,27-26+,38-28+. The fourth-order valence-electron chi connectivity index (χ4n) is 6.39. The highest BCUT2D eigenvalue weighted by molar-refractivity contribution is 6.23. The van der Waals surface area contributed by atoms with E-state index >= 15 is 0 Å². The van der Waals surface area contributed by atoms with Crippen LogP contribution in [0.25, 0.3) is 60.1 Å². The molecule has 0 spiro atoms. The van der Waals surface area contributed by atoms with E-state index in [0.29, 0.717) is 0 Å². The normalized spacial score (nSPS) is 17.9. The Balaban J connectivity index is 1.48. The molecule has 0 bridgehead atoms. The summed E-state index contributed by atoms with van der Waals surface area (Å²) < 4.78 is 0. The van der Waals surface area contributed by atoms with Gasteiger partial charge in [-0.2, -0.15) is 0 Å². The van der Waals surface area contributed by atoms with Gasteiger partial charge in [0.2, 0.25) is 0 Å². The zero-order valence-electron chi connectivity index (χ0n) is 23.1. The Morgan fingerprint density at radius 3 is 1.73 bits per heavy atom. The number of fused-ring (bicyclic) bond motifs is 3. The molecule has 0 radical (unpaired) electrons. The first-order chi connectivity index (χ1) is 19.7. The molecule has 1 aliphatic carbocycles. The van der Waals surface area contributed by atoms with Crippen molar-refractivity contribution >= 4 is 37.9 Å². The molecule has 0 saturated carbocycles. The first kappa shape index (κ1) is 24.4. The number of benzene rings is 6. The van der Waals surface area contributed by atoms with E-state index in [2.05, 4.69) is 147 Å². The minimum absolute atomic E-state index is 1.11. The van der Waals surface area contributed by atoms with Crippen molar-refractivity contribution in [1.29, 1.82) is 0 Å². The van der Waals surface area contributed by atoms with Crippen molar-refractivity contribution < 1.29 is 0 Å². The van der Waals surface area contributed by atoms with Crippen molar-refractivity contribution in [2.45, 2.75) is 26.7 Å². The molecular weight excluding hydrogens is 480 g/mol. The van der Waals surface area contributed by atoms with Crippen molar-refractivity contribution in [2.24, 2.45) is 0 Å². The number of hydrogen-bond donors (Lipinski definition) is 0. The van der Waals surface area contributed by atoms with Crippen molar-refractivity contribution in [3.05, 3.63) is 150 Å². The summed E-state index contributed by atoms with van der Waals surface area (Å²) in [7, 11) is 0. The molecule has 7 rings (SSSR count). The second kappa shape index (κ2) is 10.1. The molecule has 0 nitrogen and oxygen atoms in total. The van der Waals surface area contributed by atoms with Gasteiger partial charge in [-0.05, 0) is 98.0 Å². The van der Waals surface area contributed by atoms with Gasteiger partial charge in [-0.3, -0.25) is 0 Å². The fourth-order valence-corrected chi connectivity index (χ4v) is 6.39. The summed E-state index contributed by atoms with van der Waals surface area (Å²) >= 11 is 0. The molecule has 1 aliphatic rings. The van der Waals surface area contributed by atoms with Crippen LogP contribution in [-0.2, 0) is 0 Å². The van der Waals surface area contributed by atoms with Gasteiger partial charge in [0.1, 0.15) is 0 Å². The largest absolute Gasteiger partial charge is 0.0839 e. The third kappa shape index (κ3) is 4.17. The van der Waals surface area contributed by atoms with Gasteiger partial charge in [-0.1, -0.05) is 139 Å². The highest BCUT2D eigenvalue weighted by Crippen LogP contribution is 2.45. The summed E-state index contributed by atoms with van der Waals surface area (Å²) in [5.41, 5.74) is 10.5. The van der Waals surface area contributed by atoms with Gasteiger partial charge >= 0.3 is 0 Å². The van der Waals surface area contributed by atoms with Crippen LogP contribution in [0.1, 0.15) is 32.3 Å². The summed E-state index contributed by atoms with van der Waals surface area (Å²) in [6, 6.07) is 42.5. The summed E-state index contributed by atoms with van der Waals surface area (Å²) in [5.74, 6) is 0. The second-order valence-corrected chi connectivity index (χ2v) is 11.0. The van der Waals surface area contributed by atoms with Crippen LogP contribution < -0.4 is 0 Å². The molecule has 0 atom stereocenters. The van der Waals surface area contributed by atoms with E-state index in [1.165, 1.54) is 76.9 Å². The average Bonchev–Trinajstić information content (AvgIpc) is 3.00. The number of rotatable bonds is 3. The van der Waals surface area contributed by atoms with Gasteiger partial charge in [0.05, 0.1) is 0 Å². The molecule has 40 heavy (non-hydrogen) atoms. The monoisotopic (exact) mass is 512 g/mol. The van der Waals surface area contributed by atoms with Gasteiger partial charge in [0.15, 0.2) is 0 Å². The van der Waals surface area contributed by atoms with Gasteiger partial charge in [-0.25, -0.2) is 0 Å². The van der Waals surface area contributed by atoms with Crippen molar-refractivity contribution in [3.63, 3.8) is 0 Å². The maximum Gasteiger partial charge on any atom is -0.00201 e. The number of allylic oxidation sites excluding steroid dienone is 6. The lowest BCUT2D eigenvalue weighted by molar-refractivity contribution is 0.974. The molecule has 0 unspecified atom stereocenters. The van der Waals surface area contributed by atoms with E-state index in [1.54, 1.807) is 0 Å². The summed E-state index contributed by atoms with van der Waals surface area (Å²) in [6.45, 7) is 4.47. The summed E-state index contributed by atoms with van der Waals surface area (Å²) in [5, 5.41) is 7.72. The van der Waals surface area contributed by atoms with E-state index < -0.39 is 0 Å². The average molecular weight is 513 g/mol. The smallest absolute Gasteiger partial charge is 0.00201 e. The third-order valence-corrected chi connectivity index (χ3v) is 8.36. The van der Waals surface area contributed by atoms with Crippen LogP contribution >= 0.6 is 0 Å². The van der Waals surface area contributed by atoms with Crippen molar-refractivity contribution in [2.75, 3.05) is 0 Å². The van der Waals surface area contributed by atoms with E-state index in [-0.39, 0.29) is 0 Å². The van der Waals surface area contributed by atoms with Crippen molar-refractivity contribution in [1.82, 2.24) is 0 Å². The molecule has 0 aromatic heterocycles. The lowest BCUT2D eigenvalue weighted by atomic mass is 9.84. The molecule has 0 N–H and O–H groups in total. The van der Waals surface area contributed by atoms with E-state index in [1.807, 2.05) is 0 Å². The van der Waals surface area contributed by atoms with Crippen LogP contribution in [0.3, 0.4) is 0 Å². The molecular formula is C40H32. The molecule has 0 heterocycles. The Kier molecular flexibility index (Phi) is 6.17. The quantitative estimate of drug-likeness (QED) is 0.207. The Morgan fingerprint density at radius 2 is 1.05 bits per heavy atom. The Morgan fingerprint density at radius 1 is 0.500 bits per heavy atom. The third-order valence-electron chi connectivity index (χ3n) is 8.36. The molecule has 0 aliphatic heterocycles. The van der Waals surface area contributed by atoms with Crippen LogP contribution in [0, 0.1) is 0 Å². The second-order valence-electron chi connectivity index (χ2n) is 11.0. The molecule has 0 amide bonds. The predicted octanol–water partition coefficient (Wildman–Crippen LogP) is 11.5. The maximum atomic E-state index is 2.37. The lowest BCUT2D eigenvalue weighted by Gasteiger charge is -2.19. The van der Waals surface area contributed by atoms with Crippen LogP contribution in [0.5, 0.6) is 0 Å². The Labute approximate surface area is 236 Å². The van der Waals surface area contributed by atoms with Crippen LogP contribution in [-0.4, -0.2) is 0 Å². The molecule has 6 aromatic carbocycles. The zero-order valence-corrected chi connectivity index (χ0v) is 23.1. The first-order valence-corrected chi connectivity index (χ1v) is 14.3. The molecule has 0 fully saturated rings. The van der Waals surface area contributed by atoms with Gasteiger partial charge in [0.25, 0.3) is 0 Å². The van der Waals surface area contributed by atoms with Gasteiger partial charge in [-0.15, -0.1) is 0 Å². The molecule has 6 aromatic rings. The summed E-state index contributed by atoms with van der Waals surface area (Å²) in [6.07, 6.45) is 9.18. The topological polar surface area (TPSA) is 0 Å². The van der Waals surface area contributed by atoms with Gasteiger partial charge < -0.3 is 0 Å². The Bertz CT molecular complexity index is 1930. The van der Waals surface area contributed by atoms with E-state index in [4.69, 9.17) is 0 Å². The number of hydrogen-bond acceptors (Lipinski definition) is 0. The summed E-state index contributed by atoms with van der Waals surface area (Å²) in [4.78, 5) is 0. The van der Waals surface area contributed by atoms with Crippen molar-refractivity contribution in [3.8, 4) is 22.3 Å². The first-order valence-electron chi connectivity index (χ1n) is 14.3. The molecule has 0 saturated heterocycles. The minimum Gasteiger partial charge on any atom is -0.0839 e. The van der Waals surface area contributed by atoms with Gasteiger partial charge in [0, 0.05) is 0 Å². The highest BCUT2D eigenvalue weighted by atomic mass is 14.2. The van der Waals surface area contributed by atoms with Crippen LogP contribution in [0.2, 0.25) is 0 Å². The lowest BCUT2D eigenvalue weighted by Crippen LogP contribution is -1.93. The fraction of sp³-hybridized carbons (Fsp3) is 0.100.